The van der Waals surface area contributed by atoms with Crippen molar-refractivity contribution in [2.75, 3.05) is 30.0 Å². The molecule has 2 aromatic rings. The predicted octanol–water partition coefficient (Wildman–Crippen LogP) is 1.57. The molecule has 2 rings (SSSR count). The quantitative estimate of drug-likeness (QED) is 0.503. The zero-order valence-electron chi connectivity index (χ0n) is 13.8. The Hall–Kier alpha value is -2.66. The summed E-state index contributed by atoms with van der Waals surface area (Å²) in [6, 6.07) is 6.18. The summed E-state index contributed by atoms with van der Waals surface area (Å²) < 4.78 is 10.3. The molecule has 1 amide bonds. The number of esters is 2. The molecule has 0 bridgehead atoms. The average Bonchev–Trinajstić information content (AvgIpc) is 3.04. The van der Waals surface area contributed by atoms with Crippen LogP contribution in [0.5, 0.6) is 0 Å². The van der Waals surface area contributed by atoms with Crippen LogP contribution in [-0.4, -0.2) is 47.0 Å². The second-order valence-electron chi connectivity index (χ2n) is 4.70. The minimum atomic E-state index is -0.559. The second-order valence-corrected chi connectivity index (χ2v) is 6.93. The lowest BCUT2D eigenvalue weighted by atomic mass is 10.2. The van der Waals surface area contributed by atoms with E-state index in [0.717, 1.165) is 23.1 Å². The Balaban J connectivity index is 1.72. The van der Waals surface area contributed by atoms with Crippen LogP contribution in [0.2, 0.25) is 0 Å². The Morgan fingerprint density at radius 2 is 1.92 bits per heavy atom. The van der Waals surface area contributed by atoms with Gasteiger partial charge in [0, 0.05) is 5.69 Å². The zero-order valence-corrected chi connectivity index (χ0v) is 15.4. The number of nitrogen functional groups attached to an aromatic ring is 1. The van der Waals surface area contributed by atoms with Crippen LogP contribution < -0.4 is 11.1 Å². The molecule has 0 spiro atoms. The van der Waals surface area contributed by atoms with Crippen LogP contribution in [0.25, 0.3) is 0 Å². The summed E-state index contributed by atoms with van der Waals surface area (Å²) in [4.78, 5) is 34.9. The fraction of sp³-hybridized carbons (Fsp3) is 0.267. The maximum absolute atomic E-state index is 11.8. The number of thioether (sulfide) groups is 1. The number of hydrogen-bond donors (Lipinski definition) is 2. The number of benzene rings is 1. The highest BCUT2D eigenvalue weighted by Crippen LogP contribution is 2.23. The van der Waals surface area contributed by atoms with E-state index in [1.54, 1.807) is 19.1 Å². The van der Waals surface area contributed by atoms with Crippen LogP contribution >= 0.6 is 23.1 Å². The molecule has 1 aromatic heterocycles. The normalized spacial score (nSPS) is 10.2. The number of aromatic nitrogens is 2. The number of rotatable bonds is 8. The lowest BCUT2D eigenvalue weighted by Gasteiger charge is -2.07. The van der Waals surface area contributed by atoms with Crippen molar-refractivity contribution in [3.05, 3.63) is 29.8 Å². The number of carbonyl (C=O) groups is 3. The number of carbonyl (C=O) groups excluding carboxylic acids is 3. The second kappa shape index (κ2) is 9.73. The molecule has 0 fully saturated rings. The van der Waals surface area contributed by atoms with Gasteiger partial charge in [0.15, 0.2) is 10.9 Å². The molecular weight excluding hydrogens is 380 g/mol. The minimum absolute atomic E-state index is 0.00382. The monoisotopic (exact) mass is 396 g/mol. The molecule has 0 atom stereocenters. The first-order valence-corrected chi connectivity index (χ1v) is 9.22. The first-order chi connectivity index (χ1) is 12.5. The molecule has 0 aliphatic carbocycles. The zero-order chi connectivity index (χ0) is 18.9. The maximum atomic E-state index is 11.8. The van der Waals surface area contributed by atoms with E-state index in [2.05, 4.69) is 15.5 Å². The number of ether oxygens (including phenoxy) is 2. The highest BCUT2D eigenvalue weighted by molar-refractivity contribution is 8.01. The third-order valence-corrected chi connectivity index (χ3v) is 4.64. The highest BCUT2D eigenvalue weighted by Gasteiger charge is 2.11. The molecule has 3 N–H and O–H groups in total. The summed E-state index contributed by atoms with van der Waals surface area (Å²) in [7, 11) is 0. The molecule has 0 saturated carbocycles. The molecule has 1 aromatic carbocycles. The molecule has 0 unspecified atom stereocenters. The average molecular weight is 396 g/mol. The van der Waals surface area contributed by atoms with Crippen LogP contribution in [0.3, 0.4) is 0 Å². The van der Waals surface area contributed by atoms with Gasteiger partial charge in [0.2, 0.25) is 5.13 Å². The van der Waals surface area contributed by atoms with E-state index in [-0.39, 0.29) is 12.4 Å². The van der Waals surface area contributed by atoms with E-state index < -0.39 is 24.5 Å². The van der Waals surface area contributed by atoms with Crippen LogP contribution in [-0.2, 0) is 19.1 Å². The molecule has 138 valence electrons. The van der Waals surface area contributed by atoms with Crippen molar-refractivity contribution in [3.8, 4) is 0 Å². The SMILES string of the molecule is CCOC(=O)c1ccc(NC(=O)COC(=O)CSc2nnc(N)s2)cc1. The van der Waals surface area contributed by atoms with Gasteiger partial charge in [0.25, 0.3) is 5.91 Å². The van der Waals surface area contributed by atoms with Gasteiger partial charge in [0.05, 0.1) is 17.9 Å². The van der Waals surface area contributed by atoms with Gasteiger partial charge in [-0.2, -0.15) is 0 Å². The molecule has 26 heavy (non-hydrogen) atoms. The van der Waals surface area contributed by atoms with Gasteiger partial charge in [0.1, 0.15) is 0 Å². The summed E-state index contributed by atoms with van der Waals surface area (Å²) in [6.07, 6.45) is 0. The van der Waals surface area contributed by atoms with E-state index >= 15 is 0 Å². The van der Waals surface area contributed by atoms with Crippen molar-refractivity contribution in [3.63, 3.8) is 0 Å². The summed E-state index contributed by atoms with van der Waals surface area (Å²) in [6.45, 7) is 1.58. The fourth-order valence-corrected chi connectivity index (χ4v) is 3.12. The van der Waals surface area contributed by atoms with Crippen molar-refractivity contribution < 1.29 is 23.9 Å². The maximum Gasteiger partial charge on any atom is 0.338 e. The number of nitrogens with two attached hydrogens (primary N) is 1. The molecule has 11 heteroatoms. The number of amides is 1. The van der Waals surface area contributed by atoms with Gasteiger partial charge >= 0.3 is 11.9 Å². The summed E-state index contributed by atoms with van der Waals surface area (Å²) in [5.41, 5.74) is 6.28. The summed E-state index contributed by atoms with van der Waals surface area (Å²) in [5, 5.41) is 10.3. The third kappa shape index (κ3) is 6.33. The van der Waals surface area contributed by atoms with E-state index in [1.165, 1.54) is 12.1 Å². The van der Waals surface area contributed by atoms with Gasteiger partial charge in [-0.3, -0.25) is 9.59 Å². The molecule has 0 aliphatic heterocycles. The summed E-state index contributed by atoms with van der Waals surface area (Å²) >= 11 is 2.29. The first kappa shape index (κ1) is 19.7. The number of nitrogens with one attached hydrogen (secondary N) is 1. The highest BCUT2D eigenvalue weighted by atomic mass is 32.2. The van der Waals surface area contributed by atoms with Crippen LogP contribution in [0.4, 0.5) is 10.8 Å². The van der Waals surface area contributed by atoms with Crippen LogP contribution in [0.15, 0.2) is 28.6 Å². The third-order valence-electron chi connectivity index (χ3n) is 2.78. The van der Waals surface area contributed by atoms with E-state index in [9.17, 15) is 14.4 Å². The Bertz CT molecular complexity index is 779. The van der Waals surface area contributed by atoms with Crippen LogP contribution in [0, 0.1) is 0 Å². The standard InChI is InChI=1S/C15H16N4O5S2/c1-2-23-13(22)9-3-5-10(6-4-9)17-11(20)7-24-12(21)8-25-15-19-18-14(16)26-15/h3-6H,2,7-8H2,1H3,(H2,16,18)(H,17,20). The minimum Gasteiger partial charge on any atom is -0.462 e. The Morgan fingerprint density at radius 3 is 2.54 bits per heavy atom. The van der Waals surface area contributed by atoms with Crippen molar-refractivity contribution >= 4 is 51.8 Å². The van der Waals surface area contributed by atoms with E-state index in [1.807, 2.05) is 0 Å². The smallest absolute Gasteiger partial charge is 0.338 e. The number of anilines is 2. The van der Waals surface area contributed by atoms with Gasteiger partial charge in [-0.25, -0.2) is 4.79 Å². The molecule has 0 radical (unpaired) electrons. The topological polar surface area (TPSA) is 134 Å². The lowest BCUT2D eigenvalue weighted by Crippen LogP contribution is -2.21. The summed E-state index contributed by atoms with van der Waals surface area (Å²) in [5.74, 6) is -1.49. The fourth-order valence-electron chi connectivity index (χ4n) is 1.69. The Labute approximate surface area is 157 Å². The number of hydrogen-bond acceptors (Lipinski definition) is 10. The molecule has 9 nitrogen and oxygen atoms in total. The van der Waals surface area contributed by atoms with E-state index in [4.69, 9.17) is 15.2 Å². The Morgan fingerprint density at radius 1 is 1.19 bits per heavy atom. The van der Waals surface area contributed by atoms with Crippen molar-refractivity contribution in [1.29, 1.82) is 0 Å². The van der Waals surface area contributed by atoms with Gasteiger partial charge < -0.3 is 20.5 Å². The van der Waals surface area contributed by atoms with Gasteiger partial charge in [-0.05, 0) is 31.2 Å². The van der Waals surface area contributed by atoms with Crippen molar-refractivity contribution in [1.82, 2.24) is 10.2 Å². The molecule has 1 heterocycles. The van der Waals surface area contributed by atoms with Gasteiger partial charge in [-0.15, -0.1) is 10.2 Å². The molecule has 0 aliphatic rings. The lowest BCUT2D eigenvalue weighted by molar-refractivity contribution is -0.144. The van der Waals surface area contributed by atoms with E-state index in [0.29, 0.717) is 20.7 Å². The van der Waals surface area contributed by atoms with Crippen LogP contribution in [0.1, 0.15) is 17.3 Å². The Kier molecular flexibility index (Phi) is 7.36. The largest absolute Gasteiger partial charge is 0.462 e. The predicted molar refractivity (Wildman–Crippen MR) is 97.0 cm³/mol. The first-order valence-electron chi connectivity index (χ1n) is 7.42. The number of nitrogens with zero attached hydrogens (tertiary/aromatic N) is 2. The molecular formula is C15H16N4O5S2. The van der Waals surface area contributed by atoms with Crippen molar-refractivity contribution in [2.45, 2.75) is 11.3 Å². The van der Waals surface area contributed by atoms with Crippen molar-refractivity contribution in [2.24, 2.45) is 0 Å². The van der Waals surface area contributed by atoms with Gasteiger partial charge in [-0.1, -0.05) is 23.1 Å². The molecule has 0 saturated heterocycles.